The predicted octanol–water partition coefficient (Wildman–Crippen LogP) is 4.15. The van der Waals surface area contributed by atoms with Crippen LogP contribution in [0.15, 0.2) is 71.7 Å². The van der Waals surface area contributed by atoms with E-state index in [1.54, 1.807) is 24.4 Å². The van der Waals surface area contributed by atoms with E-state index in [4.69, 9.17) is 4.74 Å². The number of piperazine rings is 1. The van der Waals surface area contributed by atoms with Gasteiger partial charge in [-0.25, -0.2) is 17.8 Å². The fraction of sp³-hybridized carbons (Fsp3) is 0.364. The molecular formula is C33H38FN5O5S. The number of aryl methyl sites for hydroxylation is 1. The van der Waals surface area contributed by atoms with E-state index in [1.165, 1.54) is 23.6 Å². The molecule has 2 aromatic heterocycles. The molecule has 0 unspecified atom stereocenters. The smallest absolute Gasteiger partial charge is 0.301 e. The molecule has 0 radical (unpaired) electrons. The number of sulfonamides is 1. The number of pyridine rings is 1. The Morgan fingerprint density at radius 2 is 1.69 bits per heavy atom. The van der Waals surface area contributed by atoms with Gasteiger partial charge >= 0.3 is 5.56 Å². The van der Waals surface area contributed by atoms with Gasteiger partial charge in [-0.05, 0) is 49.6 Å². The Labute approximate surface area is 262 Å². The van der Waals surface area contributed by atoms with Gasteiger partial charge in [-0.3, -0.25) is 23.2 Å². The van der Waals surface area contributed by atoms with Crippen molar-refractivity contribution in [3.63, 3.8) is 0 Å². The van der Waals surface area contributed by atoms with Crippen LogP contribution in [0.2, 0.25) is 0 Å². The molecule has 0 atom stereocenters. The minimum absolute atomic E-state index is 0.0224. The Balaban J connectivity index is 1.62. The highest BCUT2D eigenvalue weighted by Gasteiger charge is 2.27. The van der Waals surface area contributed by atoms with Gasteiger partial charge in [0.15, 0.2) is 17.1 Å². The normalized spacial score (nSPS) is 14.2. The molecule has 1 fully saturated rings. The van der Waals surface area contributed by atoms with Gasteiger partial charge < -0.3 is 9.64 Å². The Morgan fingerprint density at radius 1 is 1.02 bits per heavy atom. The van der Waals surface area contributed by atoms with Crippen LogP contribution in [0, 0.1) is 5.82 Å². The average molecular weight is 636 g/mol. The van der Waals surface area contributed by atoms with Gasteiger partial charge in [0.2, 0.25) is 15.8 Å². The van der Waals surface area contributed by atoms with Crippen LogP contribution in [0.25, 0.3) is 5.65 Å². The number of halogens is 1. The summed E-state index contributed by atoms with van der Waals surface area (Å²) in [7, 11) is -2.37. The third-order valence-electron chi connectivity index (χ3n) is 8.14. The first kappa shape index (κ1) is 32.1. The van der Waals surface area contributed by atoms with Crippen molar-refractivity contribution in [3.8, 4) is 5.75 Å². The zero-order valence-corrected chi connectivity index (χ0v) is 26.8. The third kappa shape index (κ3) is 7.34. The van der Waals surface area contributed by atoms with Crippen molar-refractivity contribution in [2.24, 2.45) is 0 Å². The van der Waals surface area contributed by atoms with E-state index < -0.39 is 21.4 Å². The van der Waals surface area contributed by atoms with Gasteiger partial charge in [0, 0.05) is 51.9 Å². The number of carbonyl (C=O) groups is 1. The van der Waals surface area contributed by atoms with E-state index >= 15 is 0 Å². The van der Waals surface area contributed by atoms with E-state index in [0.717, 1.165) is 34.8 Å². The molecule has 45 heavy (non-hydrogen) atoms. The molecular weight excluding hydrogens is 597 g/mol. The summed E-state index contributed by atoms with van der Waals surface area (Å²) >= 11 is 0. The summed E-state index contributed by atoms with van der Waals surface area (Å²) in [6.45, 7) is 7.31. The lowest BCUT2D eigenvalue weighted by atomic mass is 10.1. The van der Waals surface area contributed by atoms with Crippen LogP contribution in [0.1, 0.15) is 41.9 Å². The van der Waals surface area contributed by atoms with Crippen LogP contribution in [0.4, 0.5) is 15.8 Å². The van der Waals surface area contributed by atoms with Crippen molar-refractivity contribution in [2.75, 3.05) is 48.7 Å². The lowest BCUT2D eigenvalue weighted by Crippen LogP contribution is -2.49. The molecule has 1 saturated heterocycles. The van der Waals surface area contributed by atoms with E-state index in [2.05, 4.69) is 28.6 Å². The maximum atomic E-state index is 14.2. The number of benzene rings is 2. The number of anilines is 2. The molecule has 3 heterocycles. The van der Waals surface area contributed by atoms with Crippen LogP contribution in [-0.4, -0.2) is 74.0 Å². The van der Waals surface area contributed by atoms with Crippen molar-refractivity contribution < 1.29 is 22.3 Å². The van der Waals surface area contributed by atoms with Crippen LogP contribution in [0.3, 0.4) is 0 Å². The molecule has 12 heteroatoms. The molecule has 0 bridgehead atoms. The zero-order valence-electron chi connectivity index (χ0n) is 25.9. The van der Waals surface area contributed by atoms with Crippen molar-refractivity contribution in [3.05, 3.63) is 99.9 Å². The van der Waals surface area contributed by atoms with Gasteiger partial charge in [0.1, 0.15) is 12.4 Å². The van der Waals surface area contributed by atoms with Crippen LogP contribution >= 0.6 is 0 Å². The van der Waals surface area contributed by atoms with Gasteiger partial charge in [-0.1, -0.05) is 42.5 Å². The van der Waals surface area contributed by atoms with Crippen molar-refractivity contribution >= 4 is 32.8 Å². The average Bonchev–Trinajstić information content (AvgIpc) is 3.03. The number of hydrogen-bond donors (Lipinski definition) is 0. The topological polar surface area (TPSA) is 105 Å². The summed E-state index contributed by atoms with van der Waals surface area (Å²) in [4.78, 5) is 37.0. The second-order valence-electron chi connectivity index (χ2n) is 11.5. The summed E-state index contributed by atoms with van der Waals surface area (Å²) in [6, 6.07) is 17.2. The molecule has 0 aliphatic carbocycles. The Morgan fingerprint density at radius 3 is 2.31 bits per heavy atom. The SMILES string of the molecule is CC(C)N1CCN(c2cc(N(C)S(C)(=O)=O)c3nc(C(=O)CCc4ccc(F)cc4)c(OCc4ccccc4)c(=O)n3c2)CC1. The number of fused-ring (bicyclic) bond motifs is 1. The molecule has 0 N–H and O–H groups in total. The number of aromatic nitrogens is 2. The molecule has 0 amide bonds. The highest BCUT2D eigenvalue weighted by Crippen LogP contribution is 2.30. The maximum Gasteiger partial charge on any atom is 0.301 e. The number of Topliss-reactive ketones (excluding diaryl/α,β-unsaturated/α-hetero) is 1. The summed E-state index contributed by atoms with van der Waals surface area (Å²) < 4.78 is 47.3. The third-order valence-corrected chi connectivity index (χ3v) is 9.33. The summed E-state index contributed by atoms with van der Waals surface area (Å²) in [5.41, 5.74) is 1.58. The summed E-state index contributed by atoms with van der Waals surface area (Å²) in [6.07, 6.45) is 2.97. The van der Waals surface area contributed by atoms with Gasteiger partial charge in [-0.2, -0.15) is 0 Å². The number of rotatable bonds is 11. The van der Waals surface area contributed by atoms with E-state index in [1.807, 2.05) is 30.3 Å². The van der Waals surface area contributed by atoms with Gasteiger partial charge in [-0.15, -0.1) is 0 Å². The molecule has 0 saturated carbocycles. The Hall–Kier alpha value is -4.29. The van der Waals surface area contributed by atoms with Crippen molar-refractivity contribution in [1.82, 2.24) is 14.3 Å². The first-order valence-electron chi connectivity index (χ1n) is 14.9. The fourth-order valence-electron chi connectivity index (χ4n) is 5.35. The lowest BCUT2D eigenvalue weighted by molar-refractivity contribution is 0.0972. The lowest BCUT2D eigenvalue weighted by Gasteiger charge is -2.38. The number of ketones is 1. The van der Waals surface area contributed by atoms with Crippen molar-refractivity contribution in [1.29, 1.82) is 0 Å². The molecule has 0 spiro atoms. The molecule has 4 aromatic rings. The fourth-order valence-corrected chi connectivity index (χ4v) is 5.84. The van der Waals surface area contributed by atoms with E-state index in [9.17, 15) is 22.4 Å². The molecule has 238 valence electrons. The predicted molar refractivity (Wildman–Crippen MR) is 173 cm³/mol. The molecule has 2 aromatic carbocycles. The summed E-state index contributed by atoms with van der Waals surface area (Å²) in [5, 5.41) is 0. The first-order valence-corrected chi connectivity index (χ1v) is 16.7. The Kier molecular flexibility index (Phi) is 9.54. The maximum absolute atomic E-state index is 14.2. The largest absolute Gasteiger partial charge is 0.481 e. The quantitative estimate of drug-likeness (QED) is 0.227. The molecule has 5 rings (SSSR count). The second-order valence-corrected chi connectivity index (χ2v) is 13.6. The molecule has 10 nitrogen and oxygen atoms in total. The number of hydrogen-bond acceptors (Lipinski definition) is 8. The summed E-state index contributed by atoms with van der Waals surface area (Å²) in [5.74, 6) is -1.05. The Bertz CT molecular complexity index is 1840. The highest BCUT2D eigenvalue weighted by atomic mass is 32.2. The number of nitrogens with zero attached hydrogens (tertiary/aromatic N) is 5. The minimum Gasteiger partial charge on any atom is -0.481 e. The molecule has 1 aliphatic heterocycles. The van der Waals surface area contributed by atoms with Crippen LogP contribution in [0.5, 0.6) is 5.75 Å². The zero-order chi connectivity index (χ0) is 32.3. The van der Waals surface area contributed by atoms with E-state index in [0.29, 0.717) is 24.8 Å². The van der Waals surface area contributed by atoms with Crippen LogP contribution in [-0.2, 0) is 23.1 Å². The van der Waals surface area contributed by atoms with Gasteiger partial charge in [0.25, 0.3) is 0 Å². The number of ether oxygens (including phenoxy) is 1. The second kappa shape index (κ2) is 13.4. The first-order chi connectivity index (χ1) is 21.4. The number of carbonyl (C=O) groups excluding carboxylic acids is 1. The highest BCUT2D eigenvalue weighted by molar-refractivity contribution is 7.92. The monoisotopic (exact) mass is 635 g/mol. The van der Waals surface area contributed by atoms with E-state index in [-0.39, 0.29) is 48.0 Å². The van der Waals surface area contributed by atoms with Gasteiger partial charge in [0.05, 0.1) is 17.6 Å². The van der Waals surface area contributed by atoms with Crippen LogP contribution < -0.4 is 19.5 Å². The van der Waals surface area contributed by atoms with Crippen molar-refractivity contribution in [2.45, 2.75) is 39.3 Å². The standard InChI is InChI=1S/C33H38FN5O5S/c1-23(2)37-16-18-38(19-17-37)27-20-28(36(3)45(4,42)43)32-35-30(29(40)15-12-24-10-13-26(34)14-11-24)31(33(41)39(32)21-27)44-22-25-8-6-5-7-9-25/h5-11,13-14,20-21,23H,12,15-19,22H2,1-4H3. The molecule has 1 aliphatic rings. The minimum atomic E-state index is -3.76.